The van der Waals surface area contributed by atoms with Gasteiger partial charge in [0.2, 0.25) is 15.9 Å². The number of hydrogen-bond donors (Lipinski definition) is 2. The van der Waals surface area contributed by atoms with Crippen LogP contribution >= 0.6 is 11.6 Å². The second-order valence-corrected chi connectivity index (χ2v) is 8.81. The fourth-order valence-corrected chi connectivity index (χ4v) is 3.79. The Morgan fingerprint density at radius 1 is 1.19 bits per heavy atom. The Balaban J connectivity index is 2.11. The van der Waals surface area contributed by atoms with E-state index in [0.717, 1.165) is 10.00 Å². The topological polar surface area (TPSA) is 91.4 Å². The molecule has 0 aliphatic carbocycles. The molecule has 0 aliphatic heterocycles. The molecule has 0 spiro atoms. The maximum Gasteiger partial charge on any atom is 0.244 e. The highest BCUT2D eigenvalue weighted by molar-refractivity contribution is 7.89. The first-order valence-corrected chi connectivity index (χ1v) is 10.1. The molecule has 0 bridgehead atoms. The van der Waals surface area contributed by atoms with Gasteiger partial charge in [-0.2, -0.15) is 0 Å². The Kier molecular flexibility index (Phi) is 6.94. The van der Waals surface area contributed by atoms with Gasteiger partial charge in [0.15, 0.2) is 0 Å². The molecular weight excluding hydrogens is 388 g/mol. The van der Waals surface area contributed by atoms with Gasteiger partial charge in [-0.15, -0.1) is 0 Å². The van der Waals surface area contributed by atoms with Crippen LogP contribution < -0.4 is 10.6 Å². The standard InChI is InChI=1S/C18H23ClN4O3S/c1-12(16-7-5-6-10-20-16)21-13(2)18(24)22-14-8-9-15(19)17(11-14)27(25,26)23(3)4/h5-13,21H,1-4H3,(H,22,24). The lowest BCUT2D eigenvalue weighted by Gasteiger charge is -2.20. The van der Waals surface area contributed by atoms with E-state index in [1.165, 1.54) is 26.2 Å². The van der Waals surface area contributed by atoms with Crippen molar-refractivity contribution in [3.8, 4) is 0 Å². The normalized spacial score (nSPS) is 14.0. The highest BCUT2D eigenvalue weighted by Gasteiger charge is 2.22. The van der Waals surface area contributed by atoms with E-state index >= 15 is 0 Å². The van der Waals surface area contributed by atoms with E-state index in [-0.39, 0.29) is 21.9 Å². The van der Waals surface area contributed by atoms with Gasteiger partial charge in [-0.05, 0) is 44.2 Å². The fraction of sp³-hybridized carbons (Fsp3) is 0.333. The summed E-state index contributed by atoms with van der Waals surface area (Å²) in [5.41, 5.74) is 1.17. The molecule has 2 unspecified atom stereocenters. The molecule has 2 aromatic rings. The summed E-state index contributed by atoms with van der Waals surface area (Å²) in [4.78, 5) is 16.7. The minimum absolute atomic E-state index is 0.0607. The van der Waals surface area contributed by atoms with Crippen LogP contribution in [0.4, 0.5) is 5.69 Å². The molecule has 0 saturated carbocycles. The third-order valence-electron chi connectivity index (χ3n) is 3.98. The number of sulfonamides is 1. The Hall–Kier alpha value is -2.00. The van der Waals surface area contributed by atoms with E-state index in [9.17, 15) is 13.2 Å². The molecule has 27 heavy (non-hydrogen) atoms. The highest BCUT2D eigenvalue weighted by atomic mass is 35.5. The molecule has 2 atom stereocenters. The molecule has 1 aromatic heterocycles. The molecule has 146 valence electrons. The fourth-order valence-electron chi connectivity index (χ4n) is 2.39. The van der Waals surface area contributed by atoms with E-state index in [4.69, 9.17) is 11.6 Å². The number of rotatable bonds is 7. The second-order valence-electron chi connectivity index (χ2n) is 6.29. The molecule has 1 heterocycles. The number of nitrogens with one attached hydrogen (secondary N) is 2. The lowest BCUT2D eigenvalue weighted by molar-refractivity contribution is -0.117. The van der Waals surface area contributed by atoms with Gasteiger partial charge in [-0.25, -0.2) is 12.7 Å². The molecule has 9 heteroatoms. The number of hydrogen-bond acceptors (Lipinski definition) is 5. The van der Waals surface area contributed by atoms with Crippen molar-refractivity contribution in [3.05, 3.63) is 53.3 Å². The van der Waals surface area contributed by atoms with E-state index in [2.05, 4.69) is 15.6 Å². The number of amides is 1. The summed E-state index contributed by atoms with van der Waals surface area (Å²) in [5, 5.41) is 5.97. The van der Waals surface area contributed by atoms with Crippen molar-refractivity contribution in [2.24, 2.45) is 0 Å². The Labute approximate surface area is 164 Å². The molecular formula is C18H23ClN4O3S. The van der Waals surface area contributed by atoms with Crippen LogP contribution in [0.15, 0.2) is 47.5 Å². The number of carbonyl (C=O) groups excluding carboxylic acids is 1. The molecule has 0 saturated heterocycles. The lowest BCUT2D eigenvalue weighted by atomic mass is 10.2. The number of anilines is 1. The average molecular weight is 411 g/mol. The Bertz CT molecular complexity index is 904. The van der Waals surface area contributed by atoms with Crippen LogP contribution in [-0.4, -0.2) is 43.8 Å². The van der Waals surface area contributed by atoms with Gasteiger partial charge in [-0.3, -0.25) is 15.1 Å². The molecule has 2 rings (SSSR count). The van der Waals surface area contributed by atoms with Gasteiger partial charge >= 0.3 is 0 Å². The van der Waals surface area contributed by atoms with Gasteiger partial charge < -0.3 is 5.32 Å². The summed E-state index contributed by atoms with van der Waals surface area (Å²) in [5.74, 6) is -0.298. The van der Waals surface area contributed by atoms with Crippen molar-refractivity contribution in [1.82, 2.24) is 14.6 Å². The van der Waals surface area contributed by atoms with Gasteiger partial charge in [0, 0.05) is 32.0 Å². The zero-order chi connectivity index (χ0) is 20.2. The maximum atomic E-state index is 12.5. The summed E-state index contributed by atoms with van der Waals surface area (Å²) >= 11 is 6.02. The van der Waals surface area contributed by atoms with Crippen LogP contribution in [0.2, 0.25) is 5.02 Å². The molecule has 1 amide bonds. The minimum atomic E-state index is -3.71. The Morgan fingerprint density at radius 3 is 2.48 bits per heavy atom. The van der Waals surface area contributed by atoms with Gasteiger partial charge in [0.25, 0.3) is 0 Å². The van der Waals surface area contributed by atoms with E-state index in [1.54, 1.807) is 19.2 Å². The number of pyridine rings is 1. The Morgan fingerprint density at radius 2 is 1.89 bits per heavy atom. The minimum Gasteiger partial charge on any atom is -0.325 e. The smallest absolute Gasteiger partial charge is 0.244 e. The monoisotopic (exact) mass is 410 g/mol. The predicted octanol–water partition coefficient (Wildman–Crippen LogP) is 2.66. The molecule has 1 aromatic carbocycles. The SMILES string of the molecule is CC(NC(C)c1ccccn1)C(=O)Nc1ccc(Cl)c(S(=O)(=O)N(C)C)c1. The number of halogens is 1. The largest absolute Gasteiger partial charge is 0.325 e. The molecule has 2 N–H and O–H groups in total. The quantitative estimate of drug-likeness (QED) is 0.732. The van der Waals surface area contributed by atoms with Crippen molar-refractivity contribution < 1.29 is 13.2 Å². The zero-order valence-corrected chi connectivity index (χ0v) is 17.2. The van der Waals surface area contributed by atoms with Crippen molar-refractivity contribution in [2.75, 3.05) is 19.4 Å². The molecule has 0 radical (unpaired) electrons. The number of carbonyl (C=O) groups is 1. The average Bonchev–Trinajstić information content (AvgIpc) is 2.63. The van der Waals surface area contributed by atoms with E-state index in [0.29, 0.717) is 5.69 Å². The first-order valence-electron chi connectivity index (χ1n) is 8.33. The summed E-state index contributed by atoms with van der Waals surface area (Å²) in [6, 6.07) is 9.29. The summed E-state index contributed by atoms with van der Waals surface area (Å²) in [7, 11) is -0.878. The van der Waals surface area contributed by atoms with Crippen molar-refractivity contribution in [3.63, 3.8) is 0 Å². The van der Waals surface area contributed by atoms with Crippen molar-refractivity contribution >= 4 is 33.2 Å². The van der Waals surface area contributed by atoms with Crippen molar-refractivity contribution in [2.45, 2.75) is 30.8 Å². The second kappa shape index (κ2) is 8.79. The number of nitrogens with zero attached hydrogens (tertiary/aromatic N) is 2. The first kappa shape index (κ1) is 21.3. The van der Waals surface area contributed by atoms with Crippen LogP contribution in [0, 0.1) is 0 Å². The summed E-state index contributed by atoms with van der Waals surface area (Å²) in [6.07, 6.45) is 1.69. The predicted molar refractivity (Wildman–Crippen MR) is 106 cm³/mol. The first-order chi connectivity index (χ1) is 12.6. The number of benzene rings is 1. The van der Waals surface area contributed by atoms with Crippen molar-refractivity contribution in [1.29, 1.82) is 0 Å². The number of aromatic nitrogens is 1. The van der Waals surface area contributed by atoms with Crippen LogP contribution in [0.25, 0.3) is 0 Å². The van der Waals surface area contributed by atoms with Crippen LogP contribution in [0.3, 0.4) is 0 Å². The van der Waals surface area contributed by atoms with Gasteiger partial charge in [-0.1, -0.05) is 17.7 Å². The molecule has 0 aliphatic rings. The molecule has 0 fully saturated rings. The highest BCUT2D eigenvalue weighted by Crippen LogP contribution is 2.27. The maximum absolute atomic E-state index is 12.5. The van der Waals surface area contributed by atoms with Crippen LogP contribution in [-0.2, 0) is 14.8 Å². The third kappa shape index (κ3) is 5.26. The summed E-state index contributed by atoms with van der Waals surface area (Å²) < 4.78 is 25.7. The lowest BCUT2D eigenvalue weighted by Crippen LogP contribution is -2.39. The van der Waals surface area contributed by atoms with Crippen LogP contribution in [0.5, 0.6) is 0 Å². The molecule has 7 nitrogen and oxygen atoms in total. The van der Waals surface area contributed by atoms with E-state index < -0.39 is 16.1 Å². The van der Waals surface area contributed by atoms with Gasteiger partial charge in [0.05, 0.1) is 16.8 Å². The van der Waals surface area contributed by atoms with E-state index in [1.807, 2.05) is 25.1 Å². The van der Waals surface area contributed by atoms with Crippen LogP contribution in [0.1, 0.15) is 25.6 Å². The zero-order valence-electron chi connectivity index (χ0n) is 15.6. The summed E-state index contributed by atoms with van der Waals surface area (Å²) in [6.45, 7) is 3.64. The van der Waals surface area contributed by atoms with Gasteiger partial charge in [0.1, 0.15) is 4.90 Å². The third-order valence-corrected chi connectivity index (χ3v) is 6.28.